The summed E-state index contributed by atoms with van der Waals surface area (Å²) in [5.74, 6) is 5.03. The quantitative estimate of drug-likeness (QED) is 0.447. The molecule has 0 saturated heterocycles. The Hall–Kier alpha value is -2.15. The largest absolute Gasteiger partial charge is 0.349 e. The number of nitrogens with zero attached hydrogens (tertiary/aromatic N) is 1. The minimum Gasteiger partial charge on any atom is -0.349 e. The summed E-state index contributed by atoms with van der Waals surface area (Å²) in [6, 6.07) is 4.08. The maximum atomic E-state index is 12.3. The highest BCUT2D eigenvalue weighted by molar-refractivity contribution is 6.00. The summed E-state index contributed by atoms with van der Waals surface area (Å²) in [6.07, 6.45) is 2.87. The van der Waals surface area contributed by atoms with Crippen LogP contribution < -0.4 is 16.6 Å². The van der Waals surface area contributed by atoms with E-state index in [1.807, 2.05) is 0 Å². The molecule has 0 radical (unpaired) electrons. The number of carbonyl (C=O) groups is 1. The molecule has 1 aliphatic carbocycles. The van der Waals surface area contributed by atoms with E-state index in [4.69, 9.17) is 5.84 Å². The molecule has 1 aromatic rings. The zero-order chi connectivity index (χ0) is 15.6. The van der Waals surface area contributed by atoms with Crippen LogP contribution in [0.3, 0.4) is 0 Å². The van der Waals surface area contributed by atoms with Crippen molar-refractivity contribution in [2.24, 2.45) is 11.3 Å². The molecule has 0 spiro atoms. The first-order chi connectivity index (χ1) is 9.82. The van der Waals surface area contributed by atoms with Crippen LogP contribution in [0.4, 0.5) is 11.4 Å². The predicted octanol–water partition coefficient (Wildman–Crippen LogP) is 2.19. The number of nitro benzene ring substituents is 1. The third kappa shape index (κ3) is 3.49. The van der Waals surface area contributed by atoms with Crippen molar-refractivity contribution in [2.45, 2.75) is 39.2 Å². The van der Waals surface area contributed by atoms with Gasteiger partial charge in [0.25, 0.3) is 11.6 Å². The van der Waals surface area contributed by atoms with Crippen molar-refractivity contribution in [2.75, 3.05) is 5.43 Å². The van der Waals surface area contributed by atoms with Crippen LogP contribution in [-0.2, 0) is 0 Å². The fourth-order valence-corrected chi connectivity index (χ4v) is 2.78. The van der Waals surface area contributed by atoms with Gasteiger partial charge in [-0.2, -0.15) is 0 Å². The number of nitrogens with one attached hydrogen (secondary N) is 2. The molecule has 21 heavy (non-hydrogen) atoms. The van der Waals surface area contributed by atoms with Gasteiger partial charge >= 0.3 is 0 Å². The number of non-ortho nitro benzene ring substituents is 1. The van der Waals surface area contributed by atoms with Crippen molar-refractivity contribution in [1.29, 1.82) is 0 Å². The fraction of sp³-hybridized carbons (Fsp3) is 0.500. The van der Waals surface area contributed by atoms with Gasteiger partial charge in [-0.3, -0.25) is 20.8 Å². The molecule has 0 heterocycles. The third-order valence-electron chi connectivity index (χ3n) is 3.92. The van der Waals surface area contributed by atoms with Gasteiger partial charge in [-0.1, -0.05) is 13.8 Å². The molecule has 1 amide bonds. The Morgan fingerprint density at radius 1 is 1.48 bits per heavy atom. The Morgan fingerprint density at radius 2 is 2.19 bits per heavy atom. The van der Waals surface area contributed by atoms with Crippen LogP contribution in [0.5, 0.6) is 0 Å². The van der Waals surface area contributed by atoms with E-state index in [-0.39, 0.29) is 28.6 Å². The van der Waals surface area contributed by atoms with Crippen molar-refractivity contribution in [3.63, 3.8) is 0 Å². The van der Waals surface area contributed by atoms with Crippen molar-refractivity contribution in [3.05, 3.63) is 33.9 Å². The van der Waals surface area contributed by atoms with Crippen LogP contribution in [0.15, 0.2) is 18.2 Å². The van der Waals surface area contributed by atoms with Gasteiger partial charge in [-0.15, -0.1) is 0 Å². The highest BCUT2D eigenvalue weighted by Crippen LogP contribution is 2.37. The van der Waals surface area contributed by atoms with Gasteiger partial charge in [0.1, 0.15) is 0 Å². The number of hydrogen-bond acceptors (Lipinski definition) is 5. The van der Waals surface area contributed by atoms with Crippen molar-refractivity contribution in [1.82, 2.24) is 5.32 Å². The van der Waals surface area contributed by atoms with Crippen LogP contribution in [0, 0.1) is 15.5 Å². The minimum absolute atomic E-state index is 0.0948. The summed E-state index contributed by atoms with van der Waals surface area (Å²) >= 11 is 0. The van der Waals surface area contributed by atoms with E-state index in [1.54, 1.807) is 0 Å². The summed E-state index contributed by atoms with van der Waals surface area (Å²) in [7, 11) is 0. The van der Waals surface area contributed by atoms with Gasteiger partial charge in [0.05, 0.1) is 16.2 Å². The Bertz CT molecular complexity index is 571. The van der Waals surface area contributed by atoms with Gasteiger partial charge < -0.3 is 10.7 Å². The second-order valence-corrected chi connectivity index (χ2v) is 6.21. The molecule has 114 valence electrons. The van der Waals surface area contributed by atoms with Crippen molar-refractivity contribution in [3.8, 4) is 0 Å². The Morgan fingerprint density at radius 3 is 2.71 bits per heavy atom. The number of nitro groups is 1. The van der Waals surface area contributed by atoms with Crippen LogP contribution in [0.2, 0.25) is 0 Å². The highest BCUT2D eigenvalue weighted by atomic mass is 16.6. The normalized spacial score (nSPS) is 20.0. The molecule has 1 fully saturated rings. The van der Waals surface area contributed by atoms with Gasteiger partial charge in [0.15, 0.2) is 0 Å². The molecule has 1 atom stereocenters. The average Bonchev–Trinajstić information content (AvgIpc) is 2.76. The molecule has 4 N–H and O–H groups in total. The van der Waals surface area contributed by atoms with E-state index in [1.165, 1.54) is 18.2 Å². The lowest BCUT2D eigenvalue weighted by Crippen LogP contribution is -2.34. The topological polar surface area (TPSA) is 110 Å². The van der Waals surface area contributed by atoms with E-state index in [0.717, 1.165) is 19.3 Å². The molecule has 7 nitrogen and oxygen atoms in total. The van der Waals surface area contributed by atoms with E-state index in [0.29, 0.717) is 5.69 Å². The zero-order valence-corrected chi connectivity index (χ0v) is 12.2. The fourth-order valence-electron chi connectivity index (χ4n) is 2.78. The summed E-state index contributed by atoms with van der Waals surface area (Å²) in [4.78, 5) is 22.6. The van der Waals surface area contributed by atoms with Crippen LogP contribution >= 0.6 is 0 Å². The Kier molecular flexibility index (Phi) is 4.13. The SMILES string of the molecule is CC1(C)CCC(NC(=O)c2cc([N+](=O)[O-])ccc2NN)C1. The smallest absolute Gasteiger partial charge is 0.270 e. The van der Waals surface area contributed by atoms with E-state index in [2.05, 4.69) is 24.6 Å². The highest BCUT2D eigenvalue weighted by Gasteiger charge is 2.32. The number of nitrogens with two attached hydrogens (primary N) is 1. The molecule has 2 rings (SSSR count). The van der Waals surface area contributed by atoms with Crippen LogP contribution in [-0.4, -0.2) is 16.9 Å². The van der Waals surface area contributed by atoms with Gasteiger partial charge in [0.2, 0.25) is 0 Å². The molecular weight excluding hydrogens is 272 g/mol. The van der Waals surface area contributed by atoms with Gasteiger partial charge in [-0.25, -0.2) is 0 Å². The maximum absolute atomic E-state index is 12.3. The predicted molar refractivity (Wildman–Crippen MR) is 79.8 cm³/mol. The monoisotopic (exact) mass is 292 g/mol. The summed E-state index contributed by atoms with van der Waals surface area (Å²) in [6.45, 7) is 4.33. The molecule has 0 aliphatic heterocycles. The number of hydrazine groups is 1. The van der Waals surface area contributed by atoms with Gasteiger partial charge in [-0.05, 0) is 30.7 Å². The molecule has 1 saturated carbocycles. The minimum atomic E-state index is -0.532. The number of hydrogen-bond donors (Lipinski definition) is 3. The number of nitrogen functional groups attached to an aromatic ring is 1. The maximum Gasteiger partial charge on any atom is 0.270 e. The molecule has 1 aliphatic rings. The molecular formula is C14H20N4O3. The van der Waals surface area contributed by atoms with E-state index < -0.39 is 4.92 Å². The first-order valence-corrected chi connectivity index (χ1v) is 6.88. The van der Waals surface area contributed by atoms with Crippen molar-refractivity contribution < 1.29 is 9.72 Å². The molecule has 7 heteroatoms. The number of carbonyl (C=O) groups excluding carboxylic acids is 1. The third-order valence-corrected chi connectivity index (χ3v) is 3.92. The second-order valence-electron chi connectivity index (χ2n) is 6.21. The molecule has 1 unspecified atom stereocenters. The number of amides is 1. The summed E-state index contributed by atoms with van der Waals surface area (Å²) in [5.41, 5.74) is 3.05. The summed E-state index contributed by atoms with van der Waals surface area (Å²) < 4.78 is 0. The van der Waals surface area contributed by atoms with Crippen LogP contribution in [0.25, 0.3) is 0 Å². The van der Waals surface area contributed by atoms with Crippen molar-refractivity contribution >= 4 is 17.3 Å². The molecule has 1 aromatic carbocycles. The van der Waals surface area contributed by atoms with E-state index in [9.17, 15) is 14.9 Å². The van der Waals surface area contributed by atoms with Crippen LogP contribution in [0.1, 0.15) is 43.5 Å². The molecule has 0 aromatic heterocycles. The van der Waals surface area contributed by atoms with E-state index >= 15 is 0 Å². The lowest BCUT2D eigenvalue weighted by molar-refractivity contribution is -0.384. The average molecular weight is 292 g/mol. The number of anilines is 1. The first-order valence-electron chi connectivity index (χ1n) is 6.88. The molecule has 0 bridgehead atoms. The zero-order valence-electron chi connectivity index (χ0n) is 12.2. The lowest BCUT2D eigenvalue weighted by Gasteiger charge is -2.18. The lowest BCUT2D eigenvalue weighted by atomic mass is 9.92. The van der Waals surface area contributed by atoms with Gasteiger partial charge in [0, 0.05) is 18.2 Å². The summed E-state index contributed by atoms with van der Waals surface area (Å²) in [5, 5.41) is 13.8. The number of rotatable bonds is 4. The Balaban J connectivity index is 2.18. The Labute approximate surface area is 123 Å². The standard InChI is InChI=1S/C14H20N4O3/c1-14(2)6-5-9(8-14)16-13(19)11-7-10(18(20)21)3-4-12(11)17-15/h3-4,7,9,17H,5-6,8,15H2,1-2H3,(H,16,19). The first kappa shape index (κ1) is 15.2. The number of benzene rings is 1. The second kappa shape index (κ2) is 5.69.